The number of amides is 1. The number of rotatable bonds is 5. The van der Waals surface area contributed by atoms with Crippen LogP contribution in [0.4, 0.5) is 0 Å². The average Bonchev–Trinajstić information content (AvgIpc) is 2.86. The molecule has 16 heavy (non-hydrogen) atoms. The van der Waals surface area contributed by atoms with E-state index in [0.29, 0.717) is 11.9 Å². The number of carbonyl (C=O) groups excluding carboxylic acids is 1. The normalized spacial score (nSPS) is 30.3. The maximum atomic E-state index is 11.5. The number of carbonyl (C=O) groups is 1. The summed E-state index contributed by atoms with van der Waals surface area (Å²) < 4.78 is 0. The first-order valence-corrected chi connectivity index (χ1v) is 6.82. The van der Waals surface area contributed by atoms with Crippen molar-refractivity contribution in [3.63, 3.8) is 0 Å². The van der Waals surface area contributed by atoms with Crippen LogP contribution in [0.2, 0.25) is 0 Å². The highest BCUT2D eigenvalue weighted by Gasteiger charge is 2.28. The summed E-state index contributed by atoms with van der Waals surface area (Å²) in [6, 6.07) is 0.711. The quantitative estimate of drug-likeness (QED) is 0.772. The lowest BCUT2D eigenvalue weighted by molar-refractivity contribution is -0.127. The summed E-state index contributed by atoms with van der Waals surface area (Å²) in [7, 11) is 0. The minimum absolute atomic E-state index is 0.373. The van der Waals surface area contributed by atoms with E-state index in [9.17, 15) is 4.79 Å². The Morgan fingerprint density at radius 3 is 2.94 bits per heavy atom. The molecule has 1 aliphatic heterocycles. The maximum Gasteiger partial charge on any atom is 0.222 e. The molecule has 92 valence electrons. The van der Waals surface area contributed by atoms with Crippen molar-refractivity contribution in [3.05, 3.63) is 0 Å². The summed E-state index contributed by atoms with van der Waals surface area (Å²) in [4.78, 5) is 13.6. The number of hydrogen-bond acceptors (Lipinski definition) is 2. The van der Waals surface area contributed by atoms with Gasteiger partial charge in [0.2, 0.25) is 5.91 Å². The van der Waals surface area contributed by atoms with Crippen LogP contribution in [0.25, 0.3) is 0 Å². The molecule has 1 amide bonds. The number of nitrogens with one attached hydrogen (secondary N) is 1. The lowest BCUT2D eigenvalue weighted by Gasteiger charge is -2.23. The van der Waals surface area contributed by atoms with Crippen LogP contribution < -0.4 is 5.32 Å². The van der Waals surface area contributed by atoms with Crippen LogP contribution in [0.5, 0.6) is 0 Å². The molecule has 3 heteroatoms. The Morgan fingerprint density at radius 1 is 1.38 bits per heavy atom. The van der Waals surface area contributed by atoms with Crippen molar-refractivity contribution in [2.24, 2.45) is 5.92 Å². The summed E-state index contributed by atoms with van der Waals surface area (Å²) in [6.45, 7) is 5.24. The van der Waals surface area contributed by atoms with Gasteiger partial charge in [0.1, 0.15) is 0 Å². The van der Waals surface area contributed by atoms with Gasteiger partial charge in [0.05, 0.1) is 0 Å². The van der Waals surface area contributed by atoms with Crippen LogP contribution >= 0.6 is 0 Å². The Bertz CT molecular complexity index is 242. The molecule has 3 nitrogen and oxygen atoms in total. The van der Waals surface area contributed by atoms with E-state index in [2.05, 4.69) is 17.1 Å². The van der Waals surface area contributed by atoms with Gasteiger partial charge in [0, 0.05) is 25.6 Å². The van der Waals surface area contributed by atoms with Crippen LogP contribution in [0, 0.1) is 5.92 Å². The van der Waals surface area contributed by atoms with Crippen molar-refractivity contribution >= 4 is 5.91 Å². The molecule has 0 aromatic carbocycles. The molecule has 1 heterocycles. The smallest absolute Gasteiger partial charge is 0.222 e. The molecule has 1 saturated carbocycles. The van der Waals surface area contributed by atoms with Crippen LogP contribution in [0.3, 0.4) is 0 Å². The van der Waals surface area contributed by atoms with Gasteiger partial charge in [-0.3, -0.25) is 4.79 Å². The third kappa shape index (κ3) is 2.76. The van der Waals surface area contributed by atoms with Gasteiger partial charge in [-0.25, -0.2) is 0 Å². The predicted octanol–water partition coefficient (Wildman–Crippen LogP) is 1.78. The molecule has 2 aliphatic rings. The van der Waals surface area contributed by atoms with E-state index >= 15 is 0 Å². The van der Waals surface area contributed by atoms with Crippen LogP contribution in [0.1, 0.15) is 45.4 Å². The fourth-order valence-corrected chi connectivity index (χ4v) is 3.18. The van der Waals surface area contributed by atoms with Crippen molar-refractivity contribution in [1.82, 2.24) is 10.2 Å². The molecule has 2 rings (SSSR count). The van der Waals surface area contributed by atoms with Crippen molar-refractivity contribution < 1.29 is 4.79 Å². The summed E-state index contributed by atoms with van der Waals surface area (Å²) in [6.07, 6.45) is 7.08. The Hall–Kier alpha value is -0.570. The van der Waals surface area contributed by atoms with E-state index in [1.54, 1.807) is 0 Å². The lowest BCUT2D eigenvalue weighted by atomic mass is 9.99. The molecular formula is C13H24N2O. The fourth-order valence-electron chi connectivity index (χ4n) is 3.18. The van der Waals surface area contributed by atoms with Crippen molar-refractivity contribution in [1.29, 1.82) is 0 Å². The Morgan fingerprint density at radius 2 is 2.25 bits per heavy atom. The number of hydrogen-bond donors (Lipinski definition) is 1. The van der Waals surface area contributed by atoms with Crippen molar-refractivity contribution in [3.8, 4) is 0 Å². The van der Waals surface area contributed by atoms with E-state index in [-0.39, 0.29) is 0 Å². The Balaban J connectivity index is 1.74. The summed E-state index contributed by atoms with van der Waals surface area (Å²) in [5, 5.41) is 3.58. The molecule has 2 unspecified atom stereocenters. The molecule has 0 spiro atoms. The minimum Gasteiger partial charge on any atom is -0.343 e. The van der Waals surface area contributed by atoms with Gasteiger partial charge in [-0.05, 0) is 38.1 Å². The molecule has 1 saturated heterocycles. The highest BCUT2D eigenvalue weighted by atomic mass is 16.2. The third-order valence-corrected chi connectivity index (χ3v) is 4.07. The Labute approximate surface area is 98.6 Å². The van der Waals surface area contributed by atoms with Gasteiger partial charge < -0.3 is 10.2 Å². The first kappa shape index (κ1) is 11.9. The molecule has 0 aromatic rings. The number of likely N-dealkylation sites (tertiary alicyclic amines) is 1. The fraction of sp³-hybridized carbons (Fsp3) is 0.923. The van der Waals surface area contributed by atoms with Crippen molar-refractivity contribution in [2.45, 2.75) is 51.5 Å². The second-order valence-corrected chi connectivity index (χ2v) is 5.13. The highest BCUT2D eigenvalue weighted by molar-refractivity contribution is 5.77. The molecule has 0 bridgehead atoms. The summed E-state index contributed by atoms with van der Waals surface area (Å²) in [5.41, 5.74) is 0. The zero-order valence-electron chi connectivity index (χ0n) is 10.4. The average molecular weight is 224 g/mol. The zero-order valence-corrected chi connectivity index (χ0v) is 10.4. The first-order valence-electron chi connectivity index (χ1n) is 6.82. The summed E-state index contributed by atoms with van der Waals surface area (Å²) in [5.74, 6) is 1.17. The lowest BCUT2D eigenvalue weighted by Crippen LogP contribution is -2.35. The van der Waals surface area contributed by atoms with Crippen LogP contribution in [-0.2, 0) is 4.79 Å². The molecule has 0 aromatic heterocycles. The van der Waals surface area contributed by atoms with E-state index in [0.717, 1.165) is 38.4 Å². The van der Waals surface area contributed by atoms with Gasteiger partial charge >= 0.3 is 0 Å². The zero-order chi connectivity index (χ0) is 11.4. The van der Waals surface area contributed by atoms with E-state index in [1.165, 1.54) is 25.7 Å². The third-order valence-electron chi connectivity index (χ3n) is 4.07. The second kappa shape index (κ2) is 5.67. The highest BCUT2D eigenvalue weighted by Crippen LogP contribution is 2.29. The topological polar surface area (TPSA) is 32.3 Å². The first-order chi connectivity index (χ1) is 7.81. The predicted molar refractivity (Wildman–Crippen MR) is 65.2 cm³/mol. The van der Waals surface area contributed by atoms with Gasteiger partial charge in [-0.1, -0.05) is 13.3 Å². The molecular weight excluding hydrogens is 200 g/mol. The largest absolute Gasteiger partial charge is 0.343 e. The standard InChI is InChI=1S/C13H24N2O/c1-2-14-12-6-3-5-11(12)8-10-15-9-4-7-13(15)16/h11-12,14H,2-10H2,1H3. The van der Waals surface area contributed by atoms with Gasteiger partial charge in [-0.2, -0.15) is 0 Å². The molecule has 1 N–H and O–H groups in total. The number of nitrogens with zero attached hydrogens (tertiary/aromatic N) is 1. The van der Waals surface area contributed by atoms with Gasteiger partial charge in [0.25, 0.3) is 0 Å². The van der Waals surface area contributed by atoms with E-state index in [4.69, 9.17) is 0 Å². The van der Waals surface area contributed by atoms with E-state index in [1.807, 2.05) is 0 Å². The van der Waals surface area contributed by atoms with Gasteiger partial charge in [-0.15, -0.1) is 0 Å². The molecule has 2 fully saturated rings. The Kier molecular flexibility index (Phi) is 4.22. The molecule has 0 radical (unpaired) electrons. The molecule has 1 aliphatic carbocycles. The monoisotopic (exact) mass is 224 g/mol. The van der Waals surface area contributed by atoms with E-state index < -0.39 is 0 Å². The minimum atomic E-state index is 0.373. The maximum absolute atomic E-state index is 11.5. The molecule has 2 atom stereocenters. The SMILES string of the molecule is CCNC1CCCC1CCN1CCCC1=O. The van der Waals surface area contributed by atoms with Crippen molar-refractivity contribution in [2.75, 3.05) is 19.6 Å². The van der Waals surface area contributed by atoms with Crippen LogP contribution in [-0.4, -0.2) is 36.5 Å². The van der Waals surface area contributed by atoms with Crippen LogP contribution in [0.15, 0.2) is 0 Å². The second-order valence-electron chi connectivity index (χ2n) is 5.13. The van der Waals surface area contributed by atoms with Gasteiger partial charge in [0.15, 0.2) is 0 Å². The summed E-state index contributed by atoms with van der Waals surface area (Å²) >= 11 is 0.